The van der Waals surface area contributed by atoms with Gasteiger partial charge in [0.15, 0.2) is 0 Å². The van der Waals surface area contributed by atoms with E-state index in [-0.39, 0.29) is 0 Å². The summed E-state index contributed by atoms with van der Waals surface area (Å²) >= 11 is 1.75. The highest BCUT2D eigenvalue weighted by Crippen LogP contribution is 2.28. The summed E-state index contributed by atoms with van der Waals surface area (Å²) in [6.45, 7) is 6.24. The fourth-order valence-electron chi connectivity index (χ4n) is 3.72. The standard InChI is InChI=1S/C20H29N3OS/c1-16(6-10-21)22-11-7-19(8-12-22)23(14-17-9-13-25-15-17)18-2-4-20(24)5-3-18/h2-5,9,13,15-16,19,24H,6-8,10-12,14,21H2,1H3/t16-/m1/s1. The van der Waals surface area contributed by atoms with Crippen LogP contribution >= 0.6 is 11.3 Å². The molecule has 1 aliphatic heterocycles. The normalized spacial score (nSPS) is 17.5. The topological polar surface area (TPSA) is 52.7 Å². The lowest BCUT2D eigenvalue weighted by molar-refractivity contribution is 0.154. The van der Waals surface area contributed by atoms with Crippen molar-refractivity contribution >= 4 is 17.0 Å². The fourth-order valence-corrected chi connectivity index (χ4v) is 4.38. The first-order chi connectivity index (χ1) is 12.2. The largest absolute Gasteiger partial charge is 0.508 e. The van der Waals surface area contributed by atoms with Gasteiger partial charge in [-0.3, -0.25) is 0 Å². The first kappa shape index (κ1) is 18.2. The van der Waals surface area contributed by atoms with Crippen LogP contribution in [0.4, 0.5) is 5.69 Å². The van der Waals surface area contributed by atoms with E-state index in [1.165, 1.54) is 24.1 Å². The molecular formula is C20H29N3OS. The fraction of sp³-hybridized carbons (Fsp3) is 0.500. The molecule has 0 aliphatic carbocycles. The van der Waals surface area contributed by atoms with Crippen LogP contribution in [0.1, 0.15) is 31.7 Å². The number of thiophene rings is 1. The molecule has 0 amide bonds. The molecule has 1 saturated heterocycles. The molecule has 25 heavy (non-hydrogen) atoms. The van der Waals surface area contributed by atoms with Crippen molar-refractivity contribution in [2.75, 3.05) is 24.5 Å². The minimum Gasteiger partial charge on any atom is -0.508 e. The van der Waals surface area contributed by atoms with Crippen molar-refractivity contribution < 1.29 is 5.11 Å². The molecule has 1 aromatic carbocycles. The molecule has 1 atom stereocenters. The molecule has 136 valence electrons. The quantitative estimate of drug-likeness (QED) is 0.792. The molecule has 1 aliphatic rings. The summed E-state index contributed by atoms with van der Waals surface area (Å²) in [5.74, 6) is 0.324. The number of nitrogens with zero attached hydrogens (tertiary/aromatic N) is 2. The summed E-state index contributed by atoms with van der Waals surface area (Å²) < 4.78 is 0. The minimum atomic E-state index is 0.324. The van der Waals surface area contributed by atoms with Crippen molar-refractivity contribution in [2.24, 2.45) is 5.73 Å². The van der Waals surface area contributed by atoms with Crippen LogP contribution in [0.5, 0.6) is 5.75 Å². The molecule has 3 rings (SSSR count). The van der Waals surface area contributed by atoms with Crippen LogP contribution in [0.2, 0.25) is 0 Å². The summed E-state index contributed by atoms with van der Waals surface area (Å²) in [4.78, 5) is 5.08. The van der Waals surface area contributed by atoms with Crippen molar-refractivity contribution in [1.29, 1.82) is 0 Å². The lowest BCUT2D eigenvalue weighted by Gasteiger charge is -2.41. The highest BCUT2D eigenvalue weighted by atomic mass is 32.1. The van der Waals surface area contributed by atoms with E-state index in [0.717, 1.165) is 32.6 Å². The van der Waals surface area contributed by atoms with Crippen molar-refractivity contribution in [3.8, 4) is 5.75 Å². The molecular weight excluding hydrogens is 330 g/mol. The van der Waals surface area contributed by atoms with Gasteiger partial charge in [-0.2, -0.15) is 11.3 Å². The Balaban J connectivity index is 1.70. The number of piperidine rings is 1. The number of anilines is 1. The zero-order valence-corrected chi connectivity index (χ0v) is 15.8. The predicted octanol–water partition coefficient (Wildman–Crippen LogP) is 3.66. The number of benzene rings is 1. The molecule has 1 fully saturated rings. The molecule has 0 spiro atoms. The number of phenols is 1. The Morgan fingerprint density at radius 1 is 1.24 bits per heavy atom. The second-order valence-corrected chi connectivity index (χ2v) is 7.75. The zero-order valence-electron chi connectivity index (χ0n) is 15.0. The smallest absolute Gasteiger partial charge is 0.115 e. The Kier molecular flexibility index (Phi) is 6.34. The number of nitrogens with two attached hydrogens (primary N) is 1. The maximum atomic E-state index is 9.62. The molecule has 0 radical (unpaired) electrons. The van der Waals surface area contributed by atoms with Crippen LogP contribution in [0.3, 0.4) is 0 Å². The second-order valence-electron chi connectivity index (χ2n) is 6.97. The number of phenolic OH excluding ortho intramolecular Hbond substituents is 1. The average molecular weight is 360 g/mol. The molecule has 0 saturated carbocycles. The van der Waals surface area contributed by atoms with Crippen LogP contribution in [-0.2, 0) is 6.54 Å². The van der Waals surface area contributed by atoms with Crippen molar-refractivity contribution in [3.63, 3.8) is 0 Å². The van der Waals surface area contributed by atoms with Gasteiger partial charge < -0.3 is 20.6 Å². The third kappa shape index (κ3) is 4.75. The highest BCUT2D eigenvalue weighted by Gasteiger charge is 2.27. The van der Waals surface area contributed by atoms with Gasteiger partial charge in [0.2, 0.25) is 0 Å². The van der Waals surface area contributed by atoms with Gasteiger partial charge in [0, 0.05) is 37.4 Å². The Bertz CT molecular complexity index is 621. The number of aromatic hydroxyl groups is 1. The van der Waals surface area contributed by atoms with E-state index in [1.807, 2.05) is 12.1 Å². The van der Waals surface area contributed by atoms with Crippen molar-refractivity contribution in [3.05, 3.63) is 46.7 Å². The number of hydrogen-bond donors (Lipinski definition) is 2. The SMILES string of the molecule is C[C@H](CCN)N1CCC(N(Cc2ccsc2)c2ccc(O)cc2)CC1. The van der Waals surface area contributed by atoms with Crippen LogP contribution in [0.25, 0.3) is 0 Å². The van der Waals surface area contributed by atoms with Gasteiger partial charge in [-0.1, -0.05) is 0 Å². The second kappa shape index (κ2) is 8.70. The lowest BCUT2D eigenvalue weighted by atomic mass is 9.99. The number of rotatable bonds is 7. The monoisotopic (exact) mass is 359 g/mol. The molecule has 0 bridgehead atoms. The van der Waals surface area contributed by atoms with E-state index < -0.39 is 0 Å². The highest BCUT2D eigenvalue weighted by molar-refractivity contribution is 7.07. The first-order valence-electron chi connectivity index (χ1n) is 9.18. The molecule has 2 aromatic rings. The third-order valence-corrected chi connectivity index (χ3v) is 5.99. The number of likely N-dealkylation sites (tertiary alicyclic amines) is 1. The van der Waals surface area contributed by atoms with Crippen LogP contribution in [0.15, 0.2) is 41.1 Å². The Labute approximate surface area is 154 Å². The molecule has 0 unspecified atom stereocenters. The summed E-state index contributed by atoms with van der Waals surface area (Å²) in [7, 11) is 0. The van der Waals surface area contributed by atoms with Crippen molar-refractivity contribution in [1.82, 2.24) is 4.90 Å². The van der Waals surface area contributed by atoms with Crippen molar-refractivity contribution in [2.45, 2.75) is 44.8 Å². The van der Waals surface area contributed by atoms with E-state index >= 15 is 0 Å². The maximum Gasteiger partial charge on any atom is 0.115 e. The van der Waals surface area contributed by atoms with Gasteiger partial charge in [-0.05, 0) is 79.4 Å². The Morgan fingerprint density at radius 3 is 2.56 bits per heavy atom. The minimum absolute atomic E-state index is 0.324. The van der Waals surface area contributed by atoms with E-state index in [4.69, 9.17) is 5.73 Å². The third-order valence-electron chi connectivity index (χ3n) is 5.26. The number of hydrogen-bond acceptors (Lipinski definition) is 5. The molecule has 2 heterocycles. The lowest BCUT2D eigenvalue weighted by Crippen LogP contribution is -2.47. The van der Waals surface area contributed by atoms with Gasteiger partial charge in [-0.15, -0.1) is 0 Å². The molecule has 3 N–H and O–H groups in total. The Hall–Kier alpha value is -1.56. The molecule has 4 nitrogen and oxygen atoms in total. The van der Waals surface area contributed by atoms with Gasteiger partial charge in [-0.25, -0.2) is 0 Å². The zero-order chi connectivity index (χ0) is 17.6. The molecule has 5 heteroatoms. The van der Waals surface area contributed by atoms with Crippen LogP contribution in [0, 0.1) is 0 Å². The van der Waals surface area contributed by atoms with E-state index in [0.29, 0.717) is 17.8 Å². The summed E-state index contributed by atoms with van der Waals surface area (Å²) in [5.41, 5.74) is 8.27. The summed E-state index contributed by atoms with van der Waals surface area (Å²) in [5, 5.41) is 14.0. The van der Waals surface area contributed by atoms with Gasteiger partial charge in [0.1, 0.15) is 5.75 Å². The van der Waals surface area contributed by atoms with E-state index in [2.05, 4.69) is 33.6 Å². The van der Waals surface area contributed by atoms with Gasteiger partial charge in [0.05, 0.1) is 0 Å². The van der Waals surface area contributed by atoms with Crippen LogP contribution < -0.4 is 10.6 Å². The predicted molar refractivity (Wildman–Crippen MR) is 106 cm³/mol. The summed E-state index contributed by atoms with van der Waals surface area (Å²) in [6, 6.07) is 10.9. The first-order valence-corrected chi connectivity index (χ1v) is 10.1. The van der Waals surface area contributed by atoms with Gasteiger partial charge in [0.25, 0.3) is 0 Å². The van der Waals surface area contributed by atoms with Gasteiger partial charge >= 0.3 is 0 Å². The average Bonchev–Trinajstić information content (AvgIpc) is 3.14. The summed E-state index contributed by atoms with van der Waals surface area (Å²) in [6.07, 6.45) is 3.40. The maximum absolute atomic E-state index is 9.62. The Morgan fingerprint density at radius 2 is 1.96 bits per heavy atom. The van der Waals surface area contributed by atoms with E-state index in [1.54, 1.807) is 23.5 Å². The van der Waals surface area contributed by atoms with Crippen LogP contribution in [-0.4, -0.2) is 41.7 Å². The van der Waals surface area contributed by atoms with E-state index in [9.17, 15) is 5.11 Å². The molecule has 1 aromatic heterocycles.